The van der Waals surface area contributed by atoms with E-state index >= 15 is 0 Å². The first-order chi connectivity index (χ1) is 10.5. The molecule has 1 saturated heterocycles. The maximum absolute atomic E-state index is 12.3. The third kappa shape index (κ3) is 3.39. The predicted molar refractivity (Wildman–Crippen MR) is 81.3 cm³/mol. The summed E-state index contributed by atoms with van der Waals surface area (Å²) in [6.45, 7) is 0.882. The summed E-state index contributed by atoms with van der Waals surface area (Å²) < 4.78 is 10.7. The normalized spacial score (nSPS) is 20.8. The number of methoxy groups -OCH3 is 1. The first kappa shape index (κ1) is 16.3. The van der Waals surface area contributed by atoms with Crippen molar-refractivity contribution in [1.82, 2.24) is 9.80 Å². The number of likely N-dealkylation sites (N-methyl/N-ethyl adjacent to an activating group) is 1. The molecular weight excluding hydrogens is 284 g/mol. The van der Waals surface area contributed by atoms with Gasteiger partial charge in [0.1, 0.15) is 6.61 Å². The summed E-state index contributed by atoms with van der Waals surface area (Å²) >= 11 is 0. The van der Waals surface area contributed by atoms with Gasteiger partial charge in [0.25, 0.3) is 5.91 Å². The molecule has 1 aliphatic heterocycles. The molecule has 0 spiro atoms. The Hall–Kier alpha value is -2.08. The maximum Gasteiger partial charge on any atom is 0.410 e. The largest absolute Gasteiger partial charge is 0.445 e. The lowest BCUT2D eigenvalue weighted by Gasteiger charge is -2.29. The van der Waals surface area contributed by atoms with Crippen LogP contribution in [-0.4, -0.2) is 61.7 Å². The second kappa shape index (κ2) is 6.79. The lowest BCUT2D eigenvalue weighted by molar-refractivity contribution is -0.150. The quantitative estimate of drug-likeness (QED) is 0.846. The maximum atomic E-state index is 12.3. The predicted octanol–water partition coefficient (Wildman–Crippen LogP) is 1.50. The van der Waals surface area contributed by atoms with Crippen molar-refractivity contribution in [3.8, 4) is 0 Å². The van der Waals surface area contributed by atoms with Gasteiger partial charge in [0.05, 0.1) is 6.54 Å². The van der Waals surface area contributed by atoms with Crippen molar-refractivity contribution in [2.24, 2.45) is 0 Å². The molecule has 1 aliphatic rings. The lowest BCUT2D eigenvalue weighted by Crippen LogP contribution is -2.50. The van der Waals surface area contributed by atoms with Crippen LogP contribution in [0.5, 0.6) is 0 Å². The zero-order chi connectivity index (χ0) is 16.2. The molecule has 22 heavy (non-hydrogen) atoms. The molecular formula is C16H22N2O4. The van der Waals surface area contributed by atoms with E-state index in [9.17, 15) is 9.59 Å². The zero-order valence-electron chi connectivity index (χ0n) is 13.2. The summed E-state index contributed by atoms with van der Waals surface area (Å²) in [6.07, 6.45) is 0.0513. The van der Waals surface area contributed by atoms with Crippen LogP contribution in [0.4, 0.5) is 4.79 Å². The Kier molecular flexibility index (Phi) is 5.03. The fraction of sp³-hybridized carbons (Fsp3) is 0.500. The van der Waals surface area contributed by atoms with Crippen LogP contribution in [0.3, 0.4) is 0 Å². The van der Waals surface area contributed by atoms with Gasteiger partial charge < -0.3 is 19.3 Å². The number of carbonyl (C=O) groups excluding carboxylic acids is 2. The van der Waals surface area contributed by atoms with Gasteiger partial charge in [-0.15, -0.1) is 0 Å². The third-order valence-electron chi connectivity index (χ3n) is 3.88. The van der Waals surface area contributed by atoms with Crippen LogP contribution in [0.2, 0.25) is 0 Å². The molecule has 1 atom stereocenters. The van der Waals surface area contributed by atoms with Crippen LogP contribution in [0.25, 0.3) is 0 Å². The topological polar surface area (TPSA) is 59.1 Å². The highest BCUT2D eigenvalue weighted by atomic mass is 16.6. The van der Waals surface area contributed by atoms with Crippen LogP contribution in [-0.2, 0) is 20.9 Å². The molecule has 6 heteroatoms. The molecule has 1 fully saturated rings. The molecule has 0 aromatic heterocycles. The summed E-state index contributed by atoms with van der Waals surface area (Å²) in [5.74, 6) is -0.131. The smallest absolute Gasteiger partial charge is 0.410 e. The highest BCUT2D eigenvalue weighted by Gasteiger charge is 2.47. The van der Waals surface area contributed by atoms with Gasteiger partial charge in [-0.3, -0.25) is 4.79 Å². The van der Waals surface area contributed by atoms with Crippen LogP contribution in [0, 0.1) is 0 Å². The van der Waals surface area contributed by atoms with Crippen molar-refractivity contribution in [2.75, 3.05) is 34.3 Å². The SMILES string of the molecule is COC1(C(=O)N(C)C)CCN(C(=O)OCc2ccccc2)C1. The minimum Gasteiger partial charge on any atom is -0.445 e. The van der Waals surface area contributed by atoms with E-state index in [1.165, 1.54) is 16.9 Å². The highest BCUT2D eigenvalue weighted by molar-refractivity contribution is 5.86. The van der Waals surface area contributed by atoms with Gasteiger partial charge in [0, 0.05) is 34.2 Å². The summed E-state index contributed by atoms with van der Waals surface area (Å²) in [6, 6.07) is 9.49. The van der Waals surface area contributed by atoms with E-state index in [0.29, 0.717) is 13.0 Å². The first-order valence-electron chi connectivity index (χ1n) is 7.21. The van der Waals surface area contributed by atoms with Crippen molar-refractivity contribution < 1.29 is 19.1 Å². The van der Waals surface area contributed by atoms with Crippen molar-refractivity contribution in [1.29, 1.82) is 0 Å². The minimum atomic E-state index is -0.963. The van der Waals surface area contributed by atoms with Gasteiger partial charge in [0.2, 0.25) is 0 Å². The highest BCUT2D eigenvalue weighted by Crippen LogP contribution is 2.27. The van der Waals surface area contributed by atoms with E-state index in [0.717, 1.165) is 5.56 Å². The van der Waals surface area contributed by atoms with Crippen LogP contribution >= 0.6 is 0 Å². The Balaban J connectivity index is 1.94. The molecule has 0 radical (unpaired) electrons. The van der Waals surface area contributed by atoms with E-state index < -0.39 is 11.7 Å². The monoisotopic (exact) mass is 306 g/mol. The van der Waals surface area contributed by atoms with Gasteiger partial charge in [-0.1, -0.05) is 30.3 Å². The molecule has 0 N–H and O–H groups in total. The van der Waals surface area contributed by atoms with Crippen molar-refractivity contribution in [2.45, 2.75) is 18.6 Å². The van der Waals surface area contributed by atoms with Crippen molar-refractivity contribution in [3.63, 3.8) is 0 Å². The van der Waals surface area contributed by atoms with E-state index in [2.05, 4.69) is 0 Å². The second-order valence-electron chi connectivity index (χ2n) is 5.61. The summed E-state index contributed by atoms with van der Waals surface area (Å²) in [5.41, 5.74) is -0.0349. The molecule has 1 unspecified atom stereocenters. The Morgan fingerprint density at radius 1 is 1.27 bits per heavy atom. The van der Waals surface area contributed by atoms with Crippen LogP contribution in [0.1, 0.15) is 12.0 Å². The minimum absolute atomic E-state index is 0.131. The fourth-order valence-corrected chi connectivity index (χ4v) is 2.58. The molecule has 1 heterocycles. The molecule has 0 bridgehead atoms. The average molecular weight is 306 g/mol. The Bertz CT molecular complexity index is 532. The van der Waals surface area contributed by atoms with Crippen LogP contribution < -0.4 is 0 Å². The second-order valence-corrected chi connectivity index (χ2v) is 5.61. The number of benzene rings is 1. The fourth-order valence-electron chi connectivity index (χ4n) is 2.58. The number of hydrogen-bond donors (Lipinski definition) is 0. The summed E-state index contributed by atoms with van der Waals surface area (Å²) in [7, 11) is 4.86. The van der Waals surface area contributed by atoms with Crippen molar-refractivity contribution >= 4 is 12.0 Å². The van der Waals surface area contributed by atoms with E-state index in [-0.39, 0.29) is 19.1 Å². The Morgan fingerprint density at radius 2 is 1.95 bits per heavy atom. The van der Waals surface area contributed by atoms with Crippen LogP contribution in [0.15, 0.2) is 30.3 Å². The molecule has 6 nitrogen and oxygen atoms in total. The molecule has 0 saturated carbocycles. The van der Waals surface area contributed by atoms with Crippen molar-refractivity contribution in [3.05, 3.63) is 35.9 Å². The Labute approximate surface area is 130 Å². The lowest BCUT2D eigenvalue weighted by atomic mass is 10.0. The standard InChI is InChI=1S/C16H22N2O4/c1-17(2)14(19)16(21-3)9-10-18(12-16)15(20)22-11-13-7-5-4-6-8-13/h4-8H,9-12H2,1-3H3. The van der Waals surface area contributed by atoms with E-state index in [4.69, 9.17) is 9.47 Å². The number of hydrogen-bond acceptors (Lipinski definition) is 4. The zero-order valence-corrected chi connectivity index (χ0v) is 13.2. The van der Waals surface area contributed by atoms with E-state index in [1.54, 1.807) is 14.1 Å². The number of ether oxygens (including phenoxy) is 2. The number of amides is 2. The summed E-state index contributed by atoms with van der Waals surface area (Å²) in [5, 5.41) is 0. The molecule has 0 aliphatic carbocycles. The van der Waals surface area contributed by atoms with E-state index in [1.807, 2.05) is 30.3 Å². The van der Waals surface area contributed by atoms with Gasteiger partial charge in [-0.25, -0.2) is 4.79 Å². The van der Waals surface area contributed by atoms with Gasteiger partial charge in [0.15, 0.2) is 5.60 Å². The number of likely N-dealkylation sites (tertiary alicyclic amines) is 1. The molecule has 1 aromatic carbocycles. The molecule has 2 rings (SSSR count). The van der Waals surface area contributed by atoms with Gasteiger partial charge in [-0.05, 0) is 5.56 Å². The summed E-state index contributed by atoms with van der Waals surface area (Å²) in [4.78, 5) is 27.4. The number of nitrogens with zero attached hydrogens (tertiary/aromatic N) is 2. The third-order valence-corrected chi connectivity index (χ3v) is 3.88. The Morgan fingerprint density at radius 3 is 2.55 bits per heavy atom. The molecule has 1 aromatic rings. The number of carbonyl (C=O) groups is 2. The molecule has 120 valence electrons. The van der Waals surface area contributed by atoms with Gasteiger partial charge >= 0.3 is 6.09 Å². The molecule has 2 amide bonds. The average Bonchev–Trinajstić information content (AvgIpc) is 2.98. The first-order valence-corrected chi connectivity index (χ1v) is 7.21. The number of rotatable bonds is 4. The van der Waals surface area contributed by atoms with Gasteiger partial charge in [-0.2, -0.15) is 0 Å².